The Morgan fingerprint density at radius 1 is 1.50 bits per heavy atom. The number of rotatable bonds is 7. The second-order valence-corrected chi connectivity index (χ2v) is 6.07. The second kappa shape index (κ2) is 6.55. The summed E-state index contributed by atoms with van der Waals surface area (Å²) in [7, 11) is -3.29. The first-order valence-electron chi connectivity index (χ1n) is 5.44. The lowest BCUT2D eigenvalue weighted by molar-refractivity contribution is 0.378. The van der Waals surface area contributed by atoms with E-state index in [1.54, 1.807) is 31.2 Å². The van der Waals surface area contributed by atoms with Gasteiger partial charge in [-0.2, -0.15) is 0 Å². The van der Waals surface area contributed by atoms with Crippen LogP contribution in [0, 0.1) is 0 Å². The average Bonchev–Trinajstić information content (AvgIpc) is 2.26. The largest absolute Gasteiger partial charge is 0.486 e. The molecule has 0 aliphatic carbocycles. The van der Waals surface area contributed by atoms with Gasteiger partial charge in [0.15, 0.2) is 0 Å². The van der Waals surface area contributed by atoms with Gasteiger partial charge in [-0.3, -0.25) is 4.72 Å². The van der Waals surface area contributed by atoms with E-state index in [-0.39, 0.29) is 17.3 Å². The molecule has 0 atom stereocenters. The Hall–Kier alpha value is -1.34. The number of hydrogen-bond acceptors (Lipinski definition) is 4. The number of benzene rings is 1. The van der Waals surface area contributed by atoms with Crippen LogP contribution in [0.25, 0.3) is 0 Å². The van der Waals surface area contributed by atoms with Crippen molar-refractivity contribution in [3.8, 4) is 5.75 Å². The van der Waals surface area contributed by atoms with Gasteiger partial charge in [-0.25, -0.2) is 8.42 Å². The Balaban J connectivity index is 2.73. The van der Waals surface area contributed by atoms with Crippen molar-refractivity contribution in [1.82, 2.24) is 0 Å². The van der Waals surface area contributed by atoms with Crippen molar-refractivity contribution in [2.24, 2.45) is 5.73 Å². The number of sulfonamides is 1. The molecular formula is C11H16N2O3S2. The molecule has 18 heavy (non-hydrogen) atoms. The predicted molar refractivity (Wildman–Crippen MR) is 76.4 cm³/mol. The molecule has 7 heteroatoms. The molecule has 0 aromatic heterocycles. The minimum absolute atomic E-state index is 0.0883. The fraction of sp³-hybridized carbons (Fsp3) is 0.364. The molecule has 0 bridgehead atoms. The molecule has 5 nitrogen and oxygen atoms in total. The zero-order valence-corrected chi connectivity index (χ0v) is 11.7. The van der Waals surface area contributed by atoms with Crippen LogP contribution < -0.4 is 15.2 Å². The van der Waals surface area contributed by atoms with Crippen LogP contribution in [-0.4, -0.2) is 25.8 Å². The van der Waals surface area contributed by atoms with E-state index < -0.39 is 10.0 Å². The Morgan fingerprint density at radius 2 is 2.22 bits per heavy atom. The lowest BCUT2D eigenvalue weighted by atomic mass is 10.3. The first kappa shape index (κ1) is 14.7. The smallest absolute Gasteiger partial charge is 0.232 e. The van der Waals surface area contributed by atoms with Crippen molar-refractivity contribution in [3.63, 3.8) is 0 Å². The van der Waals surface area contributed by atoms with Crippen LogP contribution in [0.1, 0.15) is 13.3 Å². The molecule has 0 saturated carbocycles. The number of nitrogens with two attached hydrogens (primary N) is 1. The van der Waals surface area contributed by atoms with Crippen molar-refractivity contribution in [2.75, 3.05) is 17.1 Å². The van der Waals surface area contributed by atoms with Crippen molar-refractivity contribution in [1.29, 1.82) is 0 Å². The van der Waals surface area contributed by atoms with E-state index in [1.165, 1.54) is 0 Å². The van der Waals surface area contributed by atoms with Crippen molar-refractivity contribution in [3.05, 3.63) is 24.3 Å². The van der Waals surface area contributed by atoms with Gasteiger partial charge in [0.05, 0.1) is 11.4 Å². The molecule has 3 N–H and O–H groups in total. The van der Waals surface area contributed by atoms with E-state index in [0.717, 1.165) is 0 Å². The molecule has 0 fully saturated rings. The van der Waals surface area contributed by atoms with Crippen molar-refractivity contribution in [2.45, 2.75) is 13.3 Å². The molecule has 0 heterocycles. The van der Waals surface area contributed by atoms with Gasteiger partial charge in [-0.1, -0.05) is 25.2 Å². The van der Waals surface area contributed by atoms with Crippen LogP contribution in [0.4, 0.5) is 5.69 Å². The summed E-state index contributed by atoms with van der Waals surface area (Å²) >= 11 is 4.69. The van der Waals surface area contributed by atoms with Crippen LogP contribution >= 0.6 is 12.2 Å². The van der Waals surface area contributed by atoms with Gasteiger partial charge in [-0.15, -0.1) is 0 Å². The summed E-state index contributed by atoms with van der Waals surface area (Å²) in [6.07, 6.45) is 0.562. The van der Waals surface area contributed by atoms with Gasteiger partial charge in [0.1, 0.15) is 17.3 Å². The maximum atomic E-state index is 11.6. The second-order valence-electron chi connectivity index (χ2n) is 3.70. The lowest BCUT2D eigenvalue weighted by Gasteiger charge is -2.09. The van der Waals surface area contributed by atoms with Gasteiger partial charge in [0, 0.05) is 6.07 Å². The van der Waals surface area contributed by atoms with E-state index in [9.17, 15) is 8.42 Å². The summed E-state index contributed by atoms with van der Waals surface area (Å²) in [5.41, 5.74) is 5.78. The quantitative estimate of drug-likeness (QED) is 0.743. The Bertz CT molecular complexity index is 515. The van der Waals surface area contributed by atoms with Crippen molar-refractivity contribution >= 4 is 32.9 Å². The topological polar surface area (TPSA) is 81.4 Å². The molecule has 0 aliphatic heterocycles. The van der Waals surface area contributed by atoms with Crippen LogP contribution in [0.3, 0.4) is 0 Å². The molecule has 0 amide bonds. The van der Waals surface area contributed by atoms with E-state index in [2.05, 4.69) is 4.72 Å². The molecule has 0 spiro atoms. The maximum absolute atomic E-state index is 11.6. The summed E-state index contributed by atoms with van der Waals surface area (Å²) in [6.45, 7) is 1.93. The maximum Gasteiger partial charge on any atom is 0.232 e. The highest BCUT2D eigenvalue weighted by Crippen LogP contribution is 2.18. The molecule has 0 saturated heterocycles. The summed E-state index contributed by atoms with van der Waals surface area (Å²) in [5, 5.41) is 0. The Kier molecular flexibility index (Phi) is 5.36. The molecule has 1 aromatic carbocycles. The third-order valence-corrected chi connectivity index (χ3v) is 3.57. The number of ether oxygens (including phenoxy) is 1. The molecule has 0 radical (unpaired) electrons. The summed E-state index contributed by atoms with van der Waals surface area (Å²) in [5.74, 6) is 0.602. The molecular weight excluding hydrogens is 272 g/mol. The van der Waals surface area contributed by atoms with Gasteiger partial charge < -0.3 is 10.5 Å². The molecule has 1 rings (SSSR count). The highest BCUT2D eigenvalue weighted by Gasteiger charge is 2.09. The molecule has 0 aliphatic rings. The van der Waals surface area contributed by atoms with Gasteiger partial charge in [0.25, 0.3) is 0 Å². The Labute approximate surface area is 112 Å². The van der Waals surface area contributed by atoms with Gasteiger partial charge in [0.2, 0.25) is 10.0 Å². The molecule has 100 valence electrons. The van der Waals surface area contributed by atoms with Gasteiger partial charge in [-0.05, 0) is 18.6 Å². The first-order chi connectivity index (χ1) is 8.43. The minimum Gasteiger partial charge on any atom is -0.486 e. The fourth-order valence-corrected chi connectivity index (χ4v) is 2.49. The van der Waals surface area contributed by atoms with Crippen LogP contribution in [-0.2, 0) is 10.0 Å². The number of anilines is 1. The highest BCUT2D eigenvalue weighted by molar-refractivity contribution is 7.92. The van der Waals surface area contributed by atoms with Crippen LogP contribution in [0.15, 0.2) is 24.3 Å². The van der Waals surface area contributed by atoms with Gasteiger partial charge >= 0.3 is 0 Å². The number of thiocarbonyl (C=S) groups is 1. The van der Waals surface area contributed by atoms with Crippen LogP contribution in [0.2, 0.25) is 0 Å². The average molecular weight is 288 g/mol. The standard InChI is InChI=1S/C11H16N2O3S2/c1-2-6-18(14,15)13-9-4-3-5-10(7-9)16-8-11(12)17/h3-5,7,13H,2,6,8H2,1H3,(H2,12,17). The third-order valence-electron chi connectivity index (χ3n) is 1.96. The summed E-state index contributed by atoms with van der Waals surface area (Å²) in [4.78, 5) is 0.243. The highest BCUT2D eigenvalue weighted by atomic mass is 32.2. The van der Waals surface area contributed by atoms with E-state index >= 15 is 0 Å². The fourth-order valence-electron chi connectivity index (χ4n) is 1.30. The summed E-state index contributed by atoms with van der Waals surface area (Å²) < 4.78 is 30.9. The lowest BCUT2D eigenvalue weighted by Crippen LogP contribution is -2.18. The van der Waals surface area contributed by atoms with E-state index in [1.807, 2.05) is 0 Å². The predicted octanol–water partition coefficient (Wildman–Crippen LogP) is 1.50. The number of nitrogens with one attached hydrogen (secondary N) is 1. The zero-order valence-electron chi connectivity index (χ0n) is 10.0. The van der Waals surface area contributed by atoms with Crippen LogP contribution in [0.5, 0.6) is 5.75 Å². The first-order valence-corrected chi connectivity index (χ1v) is 7.50. The van der Waals surface area contributed by atoms with E-state index in [0.29, 0.717) is 17.9 Å². The number of hydrogen-bond donors (Lipinski definition) is 2. The Morgan fingerprint density at radius 3 is 2.83 bits per heavy atom. The monoisotopic (exact) mass is 288 g/mol. The van der Waals surface area contributed by atoms with Crippen molar-refractivity contribution < 1.29 is 13.2 Å². The normalized spacial score (nSPS) is 10.9. The molecule has 1 aromatic rings. The minimum atomic E-state index is -3.29. The van der Waals surface area contributed by atoms with E-state index in [4.69, 9.17) is 22.7 Å². The summed E-state index contributed by atoms with van der Waals surface area (Å²) in [6, 6.07) is 6.64. The third kappa shape index (κ3) is 5.33. The zero-order chi connectivity index (χ0) is 13.6. The SMILES string of the molecule is CCCS(=O)(=O)Nc1cccc(OCC(N)=S)c1. The molecule has 0 unspecified atom stereocenters.